The normalized spacial score (nSPS) is 21.2. The summed E-state index contributed by atoms with van der Waals surface area (Å²) in [5.41, 5.74) is 3.99. The van der Waals surface area contributed by atoms with Crippen LogP contribution in [0.5, 0.6) is 0 Å². The number of H-pyrrole nitrogens is 1. The van der Waals surface area contributed by atoms with Gasteiger partial charge in [0.15, 0.2) is 0 Å². The summed E-state index contributed by atoms with van der Waals surface area (Å²) in [6, 6.07) is 8.95. The number of pyridine rings is 1. The molecule has 0 bridgehead atoms. The minimum atomic E-state index is -4.56. The summed E-state index contributed by atoms with van der Waals surface area (Å²) in [6.07, 6.45) is 2.72. The Bertz CT molecular complexity index is 1320. The van der Waals surface area contributed by atoms with Gasteiger partial charge in [0.05, 0.1) is 41.2 Å². The number of amides is 1. The Balaban J connectivity index is 1.33. The van der Waals surface area contributed by atoms with Gasteiger partial charge in [-0.05, 0) is 43.0 Å². The molecule has 0 spiro atoms. The number of benzene rings is 1. The lowest BCUT2D eigenvalue weighted by Gasteiger charge is -2.47. The molecule has 2 fully saturated rings. The van der Waals surface area contributed by atoms with Crippen molar-refractivity contribution in [1.29, 1.82) is 0 Å². The van der Waals surface area contributed by atoms with Gasteiger partial charge in [0, 0.05) is 29.2 Å². The van der Waals surface area contributed by atoms with Crippen LogP contribution < -0.4 is 4.90 Å². The molecule has 0 radical (unpaired) electrons. The maximum Gasteiger partial charge on any atom is 0.504 e. The molecule has 10 heteroatoms. The molecule has 3 aromatic heterocycles. The number of anilines is 1. The van der Waals surface area contributed by atoms with Gasteiger partial charge >= 0.3 is 6.30 Å². The molecule has 6 rings (SSSR count). The second kappa shape index (κ2) is 6.65. The van der Waals surface area contributed by atoms with Crippen LogP contribution in [0.3, 0.4) is 0 Å². The molecule has 1 N–H and O–H groups in total. The number of hydrogen-bond acceptors (Lipinski definition) is 4. The van der Waals surface area contributed by atoms with E-state index in [9.17, 15) is 18.0 Å². The second-order valence-corrected chi connectivity index (χ2v) is 8.23. The summed E-state index contributed by atoms with van der Waals surface area (Å²) in [6.45, 7) is 0. The molecule has 2 aliphatic rings. The topological polar surface area (TPSA) is 79.7 Å². The summed E-state index contributed by atoms with van der Waals surface area (Å²) in [5, 5.41) is 3.38. The maximum atomic E-state index is 13.0. The summed E-state index contributed by atoms with van der Waals surface area (Å²) in [4.78, 5) is 26.6. The lowest BCUT2D eigenvalue weighted by molar-refractivity contribution is -0.212. The summed E-state index contributed by atoms with van der Waals surface area (Å²) in [7, 11) is 0. The largest absolute Gasteiger partial charge is 0.504 e. The first-order chi connectivity index (χ1) is 15.4. The number of nitrogens with zero attached hydrogens (tertiary/aromatic N) is 5. The Kier molecular flexibility index (Phi) is 3.96. The van der Waals surface area contributed by atoms with Crippen LogP contribution in [0.15, 0.2) is 55.2 Å². The van der Waals surface area contributed by atoms with Gasteiger partial charge in [-0.15, -0.1) is 13.2 Å². The van der Waals surface area contributed by atoms with Crippen LogP contribution >= 0.6 is 0 Å². The van der Waals surface area contributed by atoms with E-state index in [2.05, 4.69) is 20.1 Å². The lowest BCUT2D eigenvalue weighted by Crippen LogP contribution is -2.56. The maximum absolute atomic E-state index is 13.0. The molecule has 2 atom stereocenters. The van der Waals surface area contributed by atoms with Crippen LogP contribution in [-0.4, -0.2) is 30.6 Å². The van der Waals surface area contributed by atoms with Gasteiger partial charge in [-0.3, -0.25) is 9.78 Å². The number of carbonyl (C=O) groups is 1. The van der Waals surface area contributed by atoms with E-state index in [4.69, 9.17) is 0 Å². The SMILES string of the molecule is O=C1C(C2CC2)[C@@H](c2ccc(-c3cnn(C(F)(F)F)c3)cn2)N1c1ccc2[nH]cnc2c1. The highest BCUT2D eigenvalue weighted by Gasteiger charge is 2.55. The highest BCUT2D eigenvalue weighted by Crippen LogP contribution is 2.53. The monoisotopic (exact) mass is 438 g/mol. The Morgan fingerprint density at radius 1 is 1.03 bits per heavy atom. The van der Waals surface area contributed by atoms with Gasteiger partial charge in [0.1, 0.15) is 0 Å². The molecule has 4 aromatic rings. The summed E-state index contributed by atoms with van der Waals surface area (Å²) < 4.78 is 38.4. The third-order valence-electron chi connectivity index (χ3n) is 6.22. The standard InChI is InChI=1S/C22H17F3N6O/c23-22(24,25)30-10-14(9-29-30)13-3-5-17(26-8-13)20-19(12-1-2-12)21(32)31(20)15-4-6-16-18(7-15)28-11-27-16/h3-12,19-20H,1-2H2,(H,27,28)/t19?,20-/m1/s1. The molecular weight excluding hydrogens is 421 g/mol. The van der Waals surface area contributed by atoms with Crippen LogP contribution in [0.2, 0.25) is 0 Å². The van der Waals surface area contributed by atoms with Gasteiger partial charge in [0.25, 0.3) is 0 Å². The van der Waals surface area contributed by atoms with E-state index in [1.165, 1.54) is 6.20 Å². The van der Waals surface area contributed by atoms with E-state index in [1.807, 2.05) is 18.2 Å². The smallest absolute Gasteiger partial charge is 0.345 e. The van der Waals surface area contributed by atoms with Crippen molar-refractivity contribution in [3.05, 3.63) is 60.9 Å². The number of imidazole rings is 1. The number of carbonyl (C=O) groups excluding carboxylic acids is 1. The van der Waals surface area contributed by atoms with Gasteiger partial charge in [-0.25, -0.2) is 4.98 Å². The van der Waals surface area contributed by atoms with Crippen molar-refractivity contribution in [3.8, 4) is 11.1 Å². The van der Waals surface area contributed by atoms with Crippen molar-refractivity contribution in [2.75, 3.05) is 4.90 Å². The molecule has 1 amide bonds. The Labute approximate surface area is 179 Å². The van der Waals surface area contributed by atoms with Crippen molar-refractivity contribution in [2.24, 2.45) is 11.8 Å². The zero-order chi connectivity index (χ0) is 22.0. The van der Waals surface area contributed by atoms with Crippen molar-refractivity contribution in [1.82, 2.24) is 24.7 Å². The lowest BCUT2D eigenvalue weighted by atomic mass is 9.80. The van der Waals surface area contributed by atoms with Gasteiger partial charge in [0.2, 0.25) is 5.91 Å². The van der Waals surface area contributed by atoms with Crippen LogP contribution in [0.25, 0.3) is 22.2 Å². The molecule has 1 aliphatic carbocycles. The fourth-order valence-electron chi connectivity index (χ4n) is 4.46. The van der Waals surface area contributed by atoms with Crippen molar-refractivity contribution >= 4 is 22.6 Å². The Hall–Kier alpha value is -3.69. The minimum Gasteiger partial charge on any atom is -0.345 e. The number of halogens is 3. The summed E-state index contributed by atoms with van der Waals surface area (Å²) in [5.74, 6) is 0.297. The van der Waals surface area contributed by atoms with Crippen LogP contribution in [0, 0.1) is 11.8 Å². The number of nitrogens with one attached hydrogen (secondary N) is 1. The Morgan fingerprint density at radius 3 is 2.56 bits per heavy atom. The molecular formula is C22H17F3N6O. The second-order valence-electron chi connectivity index (χ2n) is 8.23. The zero-order valence-electron chi connectivity index (χ0n) is 16.6. The number of hydrogen-bond donors (Lipinski definition) is 1. The van der Waals surface area contributed by atoms with Crippen molar-refractivity contribution < 1.29 is 18.0 Å². The highest BCUT2D eigenvalue weighted by molar-refractivity contribution is 6.04. The molecule has 4 heterocycles. The van der Waals surface area contributed by atoms with E-state index < -0.39 is 6.30 Å². The van der Waals surface area contributed by atoms with Crippen LogP contribution in [0.1, 0.15) is 24.6 Å². The summed E-state index contributed by atoms with van der Waals surface area (Å²) >= 11 is 0. The average molecular weight is 438 g/mol. The first kappa shape index (κ1) is 19.0. The van der Waals surface area contributed by atoms with E-state index in [-0.39, 0.29) is 22.5 Å². The molecule has 162 valence electrons. The Morgan fingerprint density at radius 2 is 1.88 bits per heavy atom. The first-order valence-electron chi connectivity index (χ1n) is 10.2. The molecule has 1 saturated heterocycles. The molecule has 1 unspecified atom stereocenters. The number of fused-ring (bicyclic) bond motifs is 1. The zero-order valence-corrected chi connectivity index (χ0v) is 16.6. The predicted octanol–water partition coefficient (Wildman–Crippen LogP) is 4.41. The van der Waals surface area contributed by atoms with E-state index >= 15 is 0 Å². The van der Waals surface area contributed by atoms with Crippen LogP contribution in [0.4, 0.5) is 18.9 Å². The molecule has 7 nitrogen and oxygen atoms in total. The fraction of sp³-hybridized carbons (Fsp3) is 0.273. The van der Waals surface area contributed by atoms with Crippen molar-refractivity contribution in [3.63, 3.8) is 0 Å². The van der Waals surface area contributed by atoms with Crippen molar-refractivity contribution in [2.45, 2.75) is 25.2 Å². The molecule has 1 aromatic carbocycles. The van der Waals surface area contributed by atoms with Crippen LogP contribution in [-0.2, 0) is 11.1 Å². The van der Waals surface area contributed by atoms with E-state index in [0.29, 0.717) is 17.0 Å². The predicted molar refractivity (Wildman–Crippen MR) is 109 cm³/mol. The minimum absolute atomic E-state index is 0.0309. The molecule has 32 heavy (non-hydrogen) atoms. The third kappa shape index (κ3) is 2.97. The fourth-order valence-corrected chi connectivity index (χ4v) is 4.46. The molecule has 1 aliphatic heterocycles. The number of aromatic nitrogens is 5. The highest BCUT2D eigenvalue weighted by atomic mass is 19.4. The van der Waals surface area contributed by atoms with Gasteiger partial charge in [-0.2, -0.15) is 9.78 Å². The molecule has 1 saturated carbocycles. The number of β-lactam (4-membered cyclic amide) rings is 1. The number of rotatable bonds is 4. The van der Waals surface area contributed by atoms with Gasteiger partial charge < -0.3 is 9.88 Å². The van der Waals surface area contributed by atoms with Gasteiger partial charge in [-0.1, -0.05) is 6.07 Å². The number of alkyl halides is 3. The van der Waals surface area contributed by atoms with E-state index in [1.54, 1.807) is 23.4 Å². The average Bonchev–Trinajstić information content (AvgIpc) is 3.26. The number of aromatic amines is 1. The first-order valence-corrected chi connectivity index (χ1v) is 10.2. The van der Waals surface area contributed by atoms with E-state index in [0.717, 1.165) is 47.7 Å². The quantitative estimate of drug-likeness (QED) is 0.479. The third-order valence-corrected chi connectivity index (χ3v) is 6.22.